The number of benzene rings is 1. The Hall–Kier alpha value is -1.68. The molecule has 17 heavy (non-hydrogen) atoms. The van der Waals surface area contributed by atoms with E-state index in [1.807, 2.05) is 12.1 Å². The highest BCUT2D eigenvalue weighted by atomic mass is 79.9. The van der Waals surface area contributed by atoms with Crippen molar-refractivity contribution in [3.63, 3.8) is 0 Å². The number of methoxy groups -OCH3 is 1. The fourth-order valence-electron chi connectivity index (χ4n) is 1.40. The second-order valence-corrected chi connectivity index (χ2v) is 4.32. The van der Waals surface area contributed by atoms with E-state index in [1.165, 1.54) is 7.11 Å². The molecule has 2 aromatic rings. The van der Waals surface area contributed by atoms with Crippen molar-refractivity contribution in [2.24, 2.45) is 0 Å². The highest BCUT2D eigenvalue weighted by molar-refractivity contribution is 9.10. The van der Waals surface area contributed by atoms with Crippen LogP contribution in [-0.2, 0) is 0 Å². The van der Waals surface area contributed by atoms with Gasteiger partial charge in [-0.3, -0.25) is 4.79 Å². The van der Waals surface area contributed by atoms with Gasteiger partial charge in [0.1, 0.15) is 5.69 Å². The molecule has 0 saturated heterocycles. The molecule has 0 saturated carbocycles. The van der Waals surface area contributed by atoms with Crippen LogP contribution in [0.5, 0.6) is 5.88 Å². The summed E-state index contributed by atoms with van der Waals surface area (Å²) in [7, 11) is 1.52. The number of carbonyl (C=O) groups excluding carboxylic acids is 1. The highest BCUT2D eigenvalue weighted by Gasteiger charge is 2.10. The van der Waals surface area contributed by atoms with E-state index in [0.717, 1.165) is 4.47 Å². The first-order chi connectivity index (χ1) is 8.20. The zero-order valence-electron chi connectivity index (χ0n) is 9.18. The Morgan fingerprint density at radius 2 is 1.88 bits per heavy atom. The predicted octanol–water partition coefficient (Wildman–Crippen LogP) is 3.08. The molecular weight excluding hydrogens is 282 g/mol. The van der Waals surface area contributed by atoms with E-state index in [4.69, 9.17) is 4.74 Å². The van der Waals surface area contributed by atoms with E-state index in [0.29, 0.717) is 17.1 Å². The molecule has 0 radical (unpaired) electrons. The molecule has 1 heterocycles. The van der Waals surface area contributed by atoms with Gasteiger partial charge in [-0.15, -0.1) is 0 Å². The first kappa shape index (κ1) is 11.8. The fourth-order valence-corrected chi connectivity index (χ4v) is 1.67. The molecule has 2 rings (SSSR count). The number of aromatic nitrogens is 1. The van der Waals surface area contributed by atoms with Gasteiger partial charge in [-0.1, -0.05) is 22.0 Å². The van der Waals surface area contributed by atoms with Crippen LogP contribution < -0.4 is 4.74 Å². The molecule has 0 aliphatic carbocycles. The molecule has 1 aromatic carbocycles. The standard InChI is InChI=1S/C13H10BrNO2/c1-17-12-4-2-3-11(15-12)13(16)9-5-7-10(14)8-6-9/h2-8H,1H3. The number of hydrogen-bond donors (Lipinski definition) is 0. The quantitative estimate of drug-likeness (QED) is 0.816. The van der Waals surface area contributed by atoms with Gasteiger partial charge in [0, 0.05) is 16.1 Å². The van der Waals surface area contributed by atoms with E-state index < -0.39 is 0 Å². The molecule has 0 unspecified atom stereocenters. The topological polar surface area (TPSA) is 39.2 Å². The zero-order chi connectivity index (χ0) is 12.3. The third-order valence-corrected chi connectivity index (χ3v) is 2.80. The lowest BCUT2D eigenvalue weighted by atomic mass is 10.1. The molecule has 0 amide bonds. The van der Waals surface area contributed by atoms with Crippen molar-refractivity contribution in [1.29, 1.82) is 0 Å². The van der Waals surface area contributed by atoms with Gasteiger partial charge in [0.15, 0.2) is 0 Å². The molecule has 0 bridgehead atoms. The predicted molar refractivity (Wildman–Crippen MR) is 68.4 cm³/mol. The summed E-state index contributed by atoms with van der Waals surface area (Å²) in [5.41, 5.74) is 0.987. The minimum absolute atomic E-state index is 0.114. The van der Waals surface area contributed by atoms with Gasteiger partial charge in [-0.2, -0.15) is 0 Å². The van der Waals surface area contributed by atoms with Crippen LogP contribution >= 0.6 is 15.9 Å². The van der Waals surface area contributed by atoms with Gasteiger partial charge >= 0.3 is 0 Å². The van der Waals surface area contributed by atoms with Gasteiger partial charge < -0.3 is 4.74 Å². The lowest BCUT2D eigenvalue weighted by Crippen LogP contribution is -2.04. The van der Waals surface area contributed by atoms with E-state index >= 15 is 0 Å². The van der Waals surface area contributed by atoms with Crippen LogP contribution in [0.4, 0.5) is 0 Å². The molecule has 3 nitrogen and oxygen atoms in total. The highest BCUT2D eigenvalue weighted by Crippen LogP contribution is 2.15. The molecule has 4 heteroatoms. The minimum atomic E-state index is -0.114. The molecule has 0 fully saturated rings. The van der Waals surface area contributed by atoms with Crippen LogP contribution in [0, 0.1) is 0 Å². The number of hydrogen-bond acceptors (Lipinski definition) is 3. The summed E-state index contributed by atoms with van der Waals surface area (Å²) in [6.45, 7) is 0. The van der Waals surface area contributed by atoms with Crippen molar-refractivity contribution in [2.75, 3.05) is 7.11 Å². The molecular formula is C13H10BrNO2. The SMILES string of the molecule is COc1cccc(C(=O)c2ccc(Br)cc2)n1. The number of carbonyl (C=O) groups is 1. The van der Waals surface area contributed by atoms with Crippen LogP contribution in [0.3, 0.4) is 0 Å². The second kappa shape index (κ2) is 5.10. The molecule has 0 spiro atoms. The normalized spacial score (nSPS) is 10.0. The first-order valence-electron chi connectivity index (χ1n) is 5.02. The Labute approximate surface area is 108 Å². The average molecular weight is 292 g/mol. The van der Waals surface area contributed by atoms with Gasteiger partial charge in [0.2, 0.25) is 11.7 Å². The monoisotopic (exact) mass is 291 g/mol. The third kappa shape index (κ3) is 2.71. The Kier molecular flexibility index (Phi) is 3.54. The van der Waals surface area contributed by atoms with Crippen molar-refractivity contribution >= 4 is 21.7 Å². The fraction of sp³-hybridized carbons (Fsp3) is 0.0769. The van der Waals surface area contributed by atoms with Crippen molar-refractivity contribution in [3.8, 4) is 5.88 Å². The first-order valence-corrected chi connectivity index (χ1v) is 5.81. The van der Waals surface area contributed by atoms with Crippen LogP contribution in [0.15, 0.2) is 46.9 Å². The maximum Gasteiger partial charge on any atom is 0.213 e. The van der Waals surface area contributed by atoms with Crippen LogP contribution in [0.25, 0.3) is 0 Å². The Balaban J connectivity index is 2.33. The summed E-state index contributed by atoms with van der Waals surface area (Å²) in [5, 5.41) is 0. The summed E-state index contributed by atoms with van der Waals surface area (Å²) < 4.78 is 5.93. The zero-order valence-corrected chi connectivity index (χ0v) is 10.8. The number of halogens is 1. The maximum atomic E-state index is 12.1. The van der Waals surface area contributed by atoms with Crippen molar-refractivity contribution in [1.82, 2.24) is 4.98 Å². The summed E-state index contributed by atoms with van der Waals surface area (Å²) >= 11 is 3.33. The largest absolute Gasteiger partial charge is 0.481 e. The second-order valence-electron chi connectivity index (χ2n) is 3.40. The summed E-state index contributed by atoms with van der Waals surface area (Å²) in [4.78, 5) is 16.2. The summed E-state index contributed by atoms with van der Waals surface area (Å²) in [6.07, 6.45) is 0. The molecule has 0 atom stereocenters. The van der Waals surface area contributed by atoms with Gasteiger partial charge in [0.25, 0.3) is 0 Å². The Morgan fingerprint density at radius 3 is 2.53 bits per heavy atom. The number of ketones is 1. The number of nitrogens with zero attached hydrogens (tertiary/aromatic N) is 1. The van der Waals surface area contributed by atoms with Crippen LogP contribution in [0.2, 0.25) is 0 Å². The van der Waals surface area contributed by atoms with E-state index in [1.54, 1.807) is 30.3 Å². The van der Waals surface area contributed by atoms with E-state index in [2.05, 4.69) is 20.9 Å². The maximum absolute atomic E-state index is 12.1. The van der Waals surface area contributed by atoms with Crippen molar-refractivity contribution in [3.05, 3.63) is 58.2 Å². The van der Waals surface area contributed by atoms with Gasteiger partial charge in [-0.25, -0.2) is 4.98 Å². The van der Waals surface area contributed by atoms with E-state index in [-0.39, 0.29) is 5.78 Å². The number of rotatable bonds is 3. The van der Waals surface area contributed by atoms with Gasteiger partial charge in [0.05, 0.1) is 7.11 Å². The van der Waals surface area contributed by atoms with Gasteiger partial charge in [-0.05, 0) is 30.3 Å². The van der Waals surface area contributed by atoms with Crippen LogP contribution in [-0.4, -0.2) is 17.9 Å². The minimum Gasteiger partial charge on any atom is -0.481 e. The molecule has 0 aliphatic rings. The molecule has 1 aromatic heterocycles. The molecule has 86 valence electrons. The number of pyridine rings is 1. The Bertz CT molecular complexity index is 537. The Morgan fingerprint density at radius 1 is 1.18 bits per heavy atom. The third-order valence-electron chi connectivity index (χ3n) is 2.27. The smallest absolute Gasteiger partial charge is 0.213 e. The van der Waals surface area contributed by atoms with Crippen molar-refractivity contribution < 1.29 is 9.53 Å². The average Bonchev–Trinajstić information content (AvgIpc) is 2.39. The summed E-state index contributed by atoms with van der Waals surface area (Å²) in [5.74, 6) is 0.323. The lowest BCUT2D eigenvalue weighted by molar-refractivity contribution is 0.103. The lowest BCUT2D eigenvalue weighted by Gasteiger charge is -2.03. The molecule has 0 aliphatic heterocycles. The summed E-state index contributed by atoms with van der Waals surface area (Å²) in [6, 6.07) is 12.3. The van der Waals surface area contributed by atoms with Crippen molar-refractivity contribution in [2.45, 2.75) is 0 Å². The number of ether oxygens (including phenoxy) is 1. The molecule has 0 N–H and O–H groups in total. The van der Waals surface area contributed by atoms with E-state index in [9.17, 15) is 4.79 Å². The van der Waals surface area contributed by atoms with Crippen LogP contribution in [0.1, 0.15) is 16.1 Å².